The molecule has 9 heteroatoms. The van der Waals surface area contributed by atoms with Gasteiger partial charge in [0.25, 0.3) is 0 Å². The number of H-pyrrole nitrogens is 1. The predicted octanol–water partition coefficient (Wildman–Crippen LogP) is 6.52. The Labute approximate surface area is 218 Å². The van der Waals surface area contributed by atoms with Crippen LogP contribution in [0, 0.1) is 6.92 Å². The second kappa shape index (κ2) is 11.3. The van der Waals surface area contributed by atoms with Crippen molar-refractivity contribution in [3.8, 4) is 0 Å². The smallest absolute Gasteiger partial charge is 0.196 e. The zero-order valence-electron chi connectivity index (χ0n) is 21.9. The summed E-state index contributed by atoms with van der Waals surface area (Å²) in [6.07, 6.45) is 3.12. The van der Waals surface area contributed by atoms with E-state index in [-0.39, 0.29) is 11.7 Å². The fraction of sp³-hybridized carbons (Fsp3) is 0.444. The Hall–Kier alpha value is -3.04. The van der Waals surface area contributed by atoms with E-state index in [4.69, 9.17) is 14.7 Å². The first-order valence-corrected chi connectivity index (χ1v) is 13.3. The van der Waals surface area contributed by atoms with Gasteiger partial charge in [-0.15, -0.1) is 0 Å². The molecule has 2 aromatic heterocycles. The molecule has 3 N–H and O–H groups in total. The molecule has 0 amide bonds. The van der Waals surface area contributed by atoms with Crippen molar-refractivity contribution in [1.29, 1.82) is 0 Å². The highest BCUT2D eigenvalue weighted by molar-refractivity contribution is 7.99. The lowest BCUT2D eigenvalue weighted by Crippen LogP contribution is -2.40. The van der Waals surface area contributed by atoms with Gasteiger partial charge in [-0.2, -0.15) is 5.10 Å². The Morgan fingerprint density at radius 1 is 1.14 bits per heavy atom. The van der Waals surface area contributed by atoms with Crippen molar-refractivity contribution in [2.24, 2.45) is 0 Å². The molecular formula is C27H37N7OS. The van der Waals surface area contributed by atoms with Gasteiger partial charge in [0.15, 0.2) is 11.0 Å². The minimum atomic E-state index is -0.126. The number of ether oxygens (including phenoxy) is 1. The molecule has 0 saturated carbocycles. The molecule has 1 fully saturated rings. The van der Waals surface area contributed by atoms with Crippen LogP contribution in [-0.2, 0) is 4.74 Å². The average Bonchev–Trinajstić information content (AvgIpc) is 3.24. The molecule has 8 nitrogen and oxygen atoms in total. The van der Waals surface area contributed by atoms with Crippen LogP contribution in [0.25, 0.3) is 0 Å². The molecule has 1 aliphatic heterocycles. The number of benzene rings is 1. The van der Waals surface area contributed by atoms with Crippen LogP contribution in [0.1, 0.15) is 52.7 Å². The molecule has 0 radical (unpaired) electrons. The Morgan fingerprint density at radius 3 is 2.47 bits per heavy atom. The molecule has 3 heterocycles. The van der Waals surface area contributed by atoms with E-state index < -0.39 is 0 Å². The summed E-state index contributed by atoms with van der Waals surface area (Å²) in [5.41, 5.74) is 2.88. The topological polar surface area (TPSA) is 91.0 Å². The molecule has 0 bridgehead atoms. The summed E-state index contributed by atoms with van der Waals surface area (Å²) in [4.78, 5) is 13.1. The molecule has 4 rings (SSSR count). The van der Waals surface area contributed by atoms with Crippen LogP contribution in [0.4, 0.5) is 23.1 Å². The standard InChI is InChI=1S/C27H37N7OS/c1-7-18(2)28-20-8-10-22(11-9-20)36-26-30-23(29-24-16-19(3)32-33-24)17-25(31-26)34-14-12-21(13-15-34)35-27(4,5)6/h8-11,16-17,21,28H,2,7,12-15H2,1,3-6H3,(H2,29,30,31,32,33). The molecule has 0 unspecified atom stereocenters. The summed E-state index contributed by atoms with van der Waals surface area (Å²) in [6, 6.07) is 12.2. The lowest BCUT2D eigenvalue weighted by molar-refractivity contribution is -0.0683. The monoisotopic (exact) mass is 507 g/mol. The number of nitrogens with zero attached hydrogens (tertiary/aromatic N) is 4. The average molecular weight is 508 g/mol. The lowest BCUT2D eigenvalue weighted by atomic mass is 10.1. The second-order valence-electron chi connectivity index (χ2n) is 10.1. The van der Waals surface area contributed by atoms with Crippen molar-refractivity contribution < 1.29 is 4.74 Å². The molecule has 1 aromatic carbocycles. The van der Waals surface area contributed by atoms with E-state index in [1.165, 1.54) is 0 Å². The van der Waals surface area contributed by atoms with Crippen LogP contribution in [0.3, 0.4) is 0 Å². The van der Waals surface area contributed by atoms with Crippen LogP contribution < -0.4 is 15.5 Å². The van der Waals surface area contributed by atoms with Crippen molar-refractivity contribution in [2.75, 3.05) is 28.6 Å². The Kier molecular flexibility index (Phi) is 8.21. The second-order valence-corrected chi connectivity index (χ2v) is 11.1. The molecule has 1 saturated heterocycles. The van der Waals surface area contributed by atoms with Gasteiger partial charge in [-0.1, -0.05) is 13.5 Å². The molecule has 36 heavy (non-hydrogen) atoms. The van der Waals surface area contributed by atoms with Gasteiger partial charge < -0.3 is 20.3 Å². The summed E-state index contributed by atoms with van der Waals surface area (Å²) >= 11 is 1.55. The van der Waals surface area contributed by atoms with Gasteiger partial charge in [-0.3, -0.25) is 5.10 Å². The highest BCUT2D eigenvalue weighted by atomic mass is 32.2. The van der Waals surface area contributed by atoms with Crippen LogP contribution in [0.2, 0.25) is 0 Å². The Morgan fingerprint density at radius 2 is 1.86 bits per heavy atom. The van der Waals surface area contributed by atoms with Crippen molar-refractivity contribution in [3.05, 3.63) is 54.4 Å². The molecule has 0 spiro atoms. The number of aromatic amines is 1. The SMILES string of the molecule is C=C(CC)Nc1ccc(Sc2nc(Nc3cc(C)[nH]n3)cc(N3CCC(OC(C)(C)C)CC3)n2)cc1. The Balaban J connectivity index is 1.52. The van der Waals surface area contributed by atoms with Gasteiger partial charge in [-0.25, -0.2) is 9.97 Å². The fourth-order valence-electron chi connectivity index (χ4n) is 4.00. The maximum atomic E-state index is 6.21. The highest BCUT2D eigenvalue weighted by Crippen LogP contribution is 2.31. The van der Waals surface area contributed by atoms with E-state index in [0.29, 0.717) is 5.16 Å². The minimum absolute atomic E-state index is 0.126. The number of nitrogens with one attached hydrogen (secondary N) is 3. The first-order chi connectivity index (χ1) is 17.2. The van der Waals surface area contributed by atoms with Crippen molar-refractivity contribution in [2.45, 2.75) is 75.6 Å². The third kappa shape index (κ3) is 7.48. The van der Waals surface area contributed by atoms with Gasteiger partial charge in [-0.05, 0) is 83.0 Å². The number of allylic oxidation sites excluding steroid dienone is 1. The van der Waals surface area contributed by atoms with Gasteiger partial charge >= 0.3 is 0 Å². The number of hydrogen-bond acceptors (Lipinski definition) is 8. The zero-order chi connectivity index (χ0) is 25.7. The molecule has 192 valence electrons. The molecule has 3 aromatic rings. The van der Waals surface area contributed by atoms with Crippen LogP contribution in [0.5, 0.6) is 0 Å². The van der Waals surface area contributed by atoms with Gasteiger partial charge in [0.2, 0.25) is 0 Å². The number of hydrogen-bond donors (Lipinski definition) is 3. The van der Waals surface area contributed by atoms with Gasteiger partial charge in [0.1, 0.15) is 11.6 Å². The quantitative estimate of drug-likeness (QED) is 0.282. The number of rotatable bonds is 9. The molecule has 1 aliphatic rings. The molecule has 0 atom stereocenters. The van der Waals surface area contributed by atoms with E-state index in [9.17, 15) is 0 Å². The summed E-state index contributed by atoms with van der Waals surface area (Å²) in [5, 5.41) is 14.6. The maximum Gasteiger partial charge on any atom is 0.196 e. The fourth-order valence-corrected chi connectivity index (χ4v) is 4.77. The minimum Gasteiger partial charge on any atom is -0.372 e. The van der Waals surface area contributed by atoms with Crippen molar-refractivity contribution >= 4 is 34.9 Å². The third-order valence-corrected chi connectivity index (χ3v) is 6.62. The lowest BCUT2D eigenvalue weighted by Gasteiger charge is -2.36. The van der Waals surface area contributed by atoms with Gasteiger partial charge in [0, 0.05) is 47.2 Å². The van der Waals surface area contributed by atoms with Crippen LogP contribution in [0.15, 0.2) is 58.7 Å². The predicted molar refractivity (Wildman–Crippen MR) is 148 cm³/mol. The highest BCUT2D eigenvalue weighted by Gasteiger charge is 2.25. The first kappa shape index (κ1) is 26.0. The summed E-state index contributed by atoms with van der Waals surface area (Å²) in [7, 11) is 0. The van der Waals surface area contributed by atoms with E-state index in [1.54, 1.807) is 11.8 Å². The number of piperidine rings is 1. The van der Waals surface area contributed by atoms with E-state index in [0.717, 1.165) is 71.8 Å². The van der Waals surface area contributed by atoms with E-state index >= 15 is 0 Å². The van der Waals surface area contributed by atoms with E-state index in [1.807, 2.05) is 19.1 Å². The third-order valence-electron chi connectivity index (χ3n) is 5.75. The normalized spacial score (nSPS) is 14.6. The van der Waals surface area contributed by atoms with Crippen LogP contribution in [-0.4, -0.2) is 45.0 Å². The first-order valence-electron chi connectivity index (χ1n) is 12.5. The summed E-state index contributed by atoms with van der Waals surface area (Å²) in [6.45, 7) is 16.2. The maximum absolute atomic E-state index is 6.21. The largest absolute Gasteiger partial charge is 0.372 e. The molecule has 0 aliphatic carbocycles. The summed E-state index contributed by atoms with van der Waals surface area (Å²) in [5.74, 6) is 2.37. The zero-order valence-corrected chi connectivity index (χ0v) is 22.7. The number of aromatic nitrogens is 4. The number of aryl methyl sites for hydroxylation is 1. The van der Waals surface area contributed by atoms with Crippen LogP contribution >= 0.6 is 11.8 Å². The van der Waals surface area contributed by atoms with Crippen molar-refractivity contribution in [1.82, 2.24) is 20.2 Å². The summed E-state index contributed by atoms with van der Waals surface area (Å²) < 4.78 is 6.21. The van der Waals surface area contributed by atoms with Crippen molar-refractivity contribution in [3.63, 3.8) is 0 Å². The number of anilines is 4. The van der Waals surface area contributed by atoms with E-state index in [2.05, 4.69) is 84.3 Å². The Bertz CT molecular complexity index is 1160. The molecular weight excluding hydrogens is 470 g/mol. The van der Waals surface area contributed by atoms with Gasteiger partial charge in [0.05, 0.1) is 11.7 Å².